The number of rotatable bonds is 4. The number of benzene rings is 1. The molecule has 0 radical (unpaired) electrons. The summed E-state index contributed by atoms with van der Waals surface area (Å²) in [6.07, 6.45) is 0.397. The van der Waals surface area contributed by atoms with Crippen LogP contribution in [0.2, 0.25) is 5.02 Å². The van der Waals surface area contributed by atoms with E-state index in [2.05, 4.69) is 0 Å². The van der Waals surface area contributed by atoms with Crippen molar-refractivity contribution < 1.29 is 9.21 Å². The normalized spacial score (nSPS) is 12.9. The van der Waals surface area contributed by atoms with Gasteiger partial charge in [-0.05, 0) is 24.6 Å². The molecule has 0 aliphatic rings. The SMILES string of the molecule is CC(CN)CC(=O)c1cc2cccc(Cl)c2o1. The van der Waals surface area contributed by atoms with Gasteiger partial charge in [-0.2, -0.15) is 0 Å². The number of hydrogen-bond donors (Lipinski definition) is 1. The van der Waals surface area contributed by atoms with Crippen molar-refractivity contribution in [3.05, 3.63) is 35.0 Å². The minimum absolute atomic E-state index is 0.0322. The Hall–Kier alpha value is -1.32. The van der Waals surface area contributed by atoms with Crippen molar-refractivity contribution in [3.63, 3.8) is 0 Å². The number of hydrogen-bond acceptors (Lipinski definition) is 3. The summed E-state index contributed by atoms with van der Waals surface area (Å²) in [6, 6.07) is 7.17. The molecule has 0 saturated carbocycles. The monoisotopic (exact) mass is 251 g/mol. The van der Waals surface area contributed by atoms with Crippen LogP contribution in [-0.2, 0) is 0 Å². The second-order valence-corrected chi connectivity index (χ2v) is 4.64. The average Bonchev–Trinajstić information content (AvgIpc) is 2.74. The molecule has 3 nitrogen and oxygen atoms in total. The molecule has 1 aromatic carbocycles. The third kappa shape index (κ3) is 2.51. The first-order valence-corrected chi connectivity index (χ1v) is 5.91. The van der Waals surface area contributed by atoms with E-state index < -0.39 is 0 Å². The minimum atomic E-state index is -0.0322. The Morgan fingerprint density at radius 2 is 2.29 bits per heavy atom. The summed E-state index contributed by atoms with van der Waals surface area (Å²) < 4.78 is 5.48. The molecule has 0 spiro atoms. The minimum Gasteiger partial charge on any atom is -0.451 e. The van der Waals surface area contributed by atoms with Gasteiger partial charge in [0.2, 0.25) is 0 Å². The molecular weight excluding hydrogens is 238 g/mol. The fourth-order valence-electron chi connectivity index (χ4n) is 1.67. The topological polar surface area (TPSA) is 56.2 Å². The highest BCUT2D eigenvalue weighted by atomic mass is 35.5. The van der Waals surface area contributed by atoms with Gasteiger partial charge < -0.3 is 10.2 Å². The molecule has 1 aromatic heterocycles. The summed E-state index contributed by atoms with van der Waals surface area (Å²) in [5.74, 6) is 0.481. The molecule has 2 rings (SSSR count). The van der Waals surface area contributed by atoms with Crippen LogP contribution in [0.3, 0.4) is 0 Å². The van der Waals surface area contributed by atoms with E-state index in [1.54, 1.807) is 12.1 Å². The highest BCUT2D eigenvalue weighted by Crippen LogP contribution is 2.27. The Morgan fingerprint density at radius 1 is 1.53 bits per heavy atom. The molecular formula is C13H14ClNO2. The molecule has 0 fully saturated rings. The molecule has 1 unspecified atom stereocenters. The summed E-state index contributed by atoms with van der Waals surface area (Å²) in [5, 5.41) is 1.37. The zero-order valence-corrected chi connectivity index (χ0v) is 10.3. The third-order valence-electron chi connectivity index (χ3n) is 2.71. The molecule has 2 N–H and O–H groups in total. The highest BCUT2D eigenvalue weighted by molar-refractivity contribution is 6.34. The first-order chi connectivity index (χ1) is 8.11. The molecule has 1 atom stereocenters. The zero-order valence-electron chi connectivity index (χ0n) is 9.57. The lowest BCUT2D eigenvalue weighted by Crippen LogP contribution is -2.14. The lowest BCUT2D eigenvalue weighted by Gasteiger charge is -2.04. The molecule has 2 aromatic rings. The number of halogens is 1. The van der Waals surface area contributed by atoms with E-state index >= 15 is 0 Å². The average molecular weight is 252 g/mol. The van der Waals surface area contributed by atoms with Crippen molar-refractivity contribution >= 4 is 28.4 Å². The molecule has 90 valence electrons. The van der Waals surface area contributed by atoms with E-state index in [4.69, 9.17) is 21.8 Å². The Kier molecular flexibility index (Phi) is 3.50. The van der Waals surface area contributed by atoms with Crippen molar-refractivity contribution in [2.24, 2.45) is 11.7 Å². The van der Waals surface area contributed by atoms with Crippen LogP contribution in [0.4, 0.5) is 0 Å². The molecule has 0 aliphatic carbocycles. The number of carbonyl (C=O) groups excluding carboxylic acids is 1. The van der Waals surface area contributed by atoms with Gasteiger partial charge >= 0.3 is 0 Å². The Labute approximate surface area is 105 Å². The second kappa shape index (κ2) is 4.90. The smallest absolute Gasteiger partial charge is 0.198 e. The zero-order chi connectivity index (χ0) is 12.4. The molecule has 4 heteroatoms. The van der Waals surface area contributed by atoms with Crippen LogP contribution in [-0.4, -0.2) is 12.3 Å². The Morgan fingerprint density at radius 3 is 2.94 bits per heavy atom. The Bertz CT molecular complexity index is 547. The maximum atomic E-state index is 11.9. The highest BCUT2D eigenvalue weighted by Gasteiger charge is 2.15. The van der Waals surface area contributed by atoms with E-state index in [-0.39, 0.29) is 11.7 Å². The molecule has 17 heavy (non-hydrogen) atoms. The van der Waals surface area contributed by atoms with E-state index in [0.717, 1.165) is 5.39 Å². The van der Waals surface area contributed by atoms with Crippen LogP contribution in [0.5, 0.6) is 0 Å². The van der Waals surface area contributed by atoms with Crippen molar-refractivity contribution in [1.29, 1.82) is 0 Å². The molecule has 1 heterocycles. The van der Waals surface area contributed by atoms with Gasteiger partial charge in [0.1, 0.15) is 0 Å². The van der Waals surface area contributed by atoms with Crippen molar-refractivity contribution in [1.82, 2.24) is 0 Å². The van der Waals surface area contributed by atoms with Crippen LogP contribution in [0.1, 0.15) is 23.9 Å². The van der Waals surface area contributed by atoms with Gasteiger partial charge in [-0.3, -0.25) is 4.79 Å². The number of fused-ring (bicyclic) bond motifs is 1. The molecule has 0 saturated heterocycles. The first kappa shape index (κ1) is 12.1. The van der Waals surface area contributed by atoms with Gasteiger partial charge in [-0.1, -0.05) is 30.7 Å². The standard InChI is InChI=1S/C13H14ClNO2/c1-8(7-15)5-11(16)12-6-9-3-2-4-10(14)13(9)17-12/h2-4,6,8H,5,7,15H2,1H3. The van der Waals surface area contributed by atoms with Crippen LogP contribution >= 0.6 is 11.6 Å². The number of nitrogens with two attached hydrogens (primary N) is 1. The van der Waals surface area contributed by atoms with E-state index in [0.29, 0.717) is 29.3 Å². The lowest BCUT2D eigenvalue weighted by molar-refractivity contribution is 0.0941. The largest absolute Gasteiger partial charge is 0.451 e. The van der Waals surface area contributed by atoms with Crippen LogP contribution in [0.15, 0.2) is 28.7 Å². The van der Waals surface area contributed by atoms with Gasteiger partial charge in [0.15, 0.2) is 17.1 Å². The molecule has 0 aliphatic heterocycles. The maximum absolute atomic E-state index is 11.9. The summed E-state index contributed by atoms with van der Waals surface area (Å²) >= 11 is 5.98. The van der Waals surface area contributed by atoms with Gasteiger partial charge in [0.25, 0.3) is 0 Å². The van der Waals surface area contributed by atoms with E-state index in [1.165, 1.54) is 0 Å². The van der Waals surface area contributed by atoms with Crippen molar-refractivity contribution in [2.45, 2.75) is 13.3 Å². The summed E-state index contributed by atoms with van der Waals surface area (Å²) in [6.45, 7) is 2.43. The summed E-state index contributed by atoms with van der Waals surface area (Å²) in [7, 11) is 0. The fraction of sp³-hybridized carbons (Fsp3) is 0.308. The first-order valence-electron chi connectivity index (χ1n) is 5.53. The second-order valence-electron chi connectivity index (χ2n) is 4.24. The fourth-order valence-corrected chi connectivity index (χ4v) is 1.89. The number of ketones is 1. The number of carbonyl (C=O) groups is 1. The van der Waals surface area contributed by atoms with Crippen LogP contribution in [0.25, 0.3) is 11.0 Å². The number of Topliss-reactive ketones (excluding diaryl/α,β-unsaturated/α-hetero) is 1. The predicted octanol–water partition coefficient (Wildman–Crippen LogP) is 3.25. The van der Waals surface area contributed by atoms with Gasteiger partial charge in [0, 0.05) is 11.8 Å². The summed E-state index contributed by atoms with van der Waals surface area (Å²) in [4.78, 5) is 11.9. The quantitative estimate of drug-likeness (QED) is 0.849. The Balaban J connectivity index is 2.30. The van der Waals surface area contributed by atoms with E-state index in [1.807, 2.05) is 19.1 Å². The van der Waals surface area contributed by atoms with Gasteiger partial charge in [-0.15, -0.1) is 0 Å². The van der Waals surface area contributed by atoms with Gasteiger partial charge in [-0.25, -0.2) is 0 Å². The van der Waals surface area contributed by atoms with Crippen LogP contribution < -0.4 is 5.73 Å². The molecule has 0 amide bonds. The van der Waals surface area contributed by atoms with E-state index in [9.17, 15) is 4.79 Å². The van der Waals surface area contributed by atoms with Crippen molar-refractivity contribution in [2.75, 3.05) is 6.54 Å². The maximum Gasteiger partial charge on any atom is 0.198 e. The number of para-hydroxylation sites is 1. The third-order valence-corrected chi connectivity index (χ3v) is 3.00. The predicted molar refractivity (Wildman–Crippen MR) is 68.4 cm³/mol. The van der Waals surface area contributed by atoms with Crippen molar-refractivity contribution in [3.8, 4) is 0 Å². The molecule has 0 bridgehead atoms. The lowest BCUT2D eigenvalue weighted by atomic mass is 10.0. The number of furan rings is 1. The summed E-state index contributed by atoms with van der Waals surface area (Å²) in [5.41, 5.74) is 6.06. The van der Waals surface area contributed by atoms with Crippen LogP contribution in [0, 0.1) is 5.92 Å². The van der Waals surface area contributed by atoms with Gasteiger partial charge in [0.05, 0.1) is 5.02 Å².